The zero-order valence-corrected chi connectivity index (χ0v) is 28.6. The lowest BCUT2D eigenvalue weighted by Crippen LogP contribution is -2.59. The number of carbonyl (C=O) groups excluding carboxylic acids is 4. The van der Waals surface area contributed by atoms with Crippen molar-refractivity contribution in [1.29, 1.82) is 0 Å². The molecule has 14 heteroatoms. The zero-order valence-electron chi connectivity index (χ0n) is 26.3. The van der Waals surface area contributed by atoms with Crippen LogP contribution in [0.15, 0.2) is 42.5 Å². The molecule has 1 fully saturated rings. The summed E-state index contributed by atoms with van der Waals surface area (Å²) in [6.07, 6.45) is 0.699. The van der Waals surface area contributed by atoms with E-state index in [9.17, 15) is 24.3 Å². The van der Waals surface area contributed by atoms with E-state index in [-0.39, 0.29) is 37.1 Å². The Kier molecular flexibility index (Phi) is 14.1. The van der Waals surface area contributed by atoms with Crippen LogP contribution in [0.2, 0.25) is 0 Å². The third-order valence-electron chi connectivity index (χ3n) is 7.47. The molecule has 2 aromatic rings. The van der Waals surface area contributed by atoms with E-state index >= 15 is 0 Å². The monoisotopic (exact) mass is 698 g/mol. The highest BCUT2D eigenvalue weighted by Gasteiger charge is 2.34. The third-order valence-corrected chi connectivity index (χ3v) is 7.80. The van der Waals surface area contributed by atoms with Crippen molar-refractivity contribution in [3.63, 3.8) is 0 Å². The van der Waals surface area contributed by atoms with Crippen molar-refractivity contribution in [1.82, 2.24) is 20.7 Å². The first-order chi connectivity index (χ1) is 21.6. The Balaban J connectivity index is 1.46. The number of carbonyl (C=O) groups is 4. The lowest BCUT2D eigenvalue weighted by atomic mass is 9.89. The fourth-order valence-corrected chi connectivity index (χ4v) is 5.03. The van der Waals surface area contributed by atoms with Crippen LogP contribution in [0, 0.1) is 11.8 Å². The molecule has 1 saturated heterocycles. The molecule has 2 amide bonds. The Morgan fingerprint density at radius 1 is 1.09 bits per heavy atom. The second-order valence-corrected chi connectivity index (χ2v) is 14.1. The van der Waals surface area contributed by atoms with Crippen LogP contribution in [0.25, 0.3) is 11.3 Å². The highest BCUT2D eigenvalue weighted by Crippen LogP contribution is 2.27. The molecule has 1 aromatic carbocycles. The summed E-state index contributed by atoms with van der Waals surface area (Å²) in [4.78, 5) is 55.7. The highest BCUT2D eigenvalue weighted by molar-refractivity contribution is 6.67. The number of rotatable bonds is 14. The highest BCUT2D eigenvalue weighted by atomic mass is 35.6. The van der Waals surface area contributed by atoms with Crippen molar-refractivity contribution >= 4 is 58.4 Å². The second-order valence-electron chi connectivity index (χ2n) is 11.6. The second kappa shape index (κ2) is 17.3. The van der Waals surface area contributed by atoms with Gasteiger partial charge in [-0.15, -0.1) is 0 Å². The number of aliphatic hydroxyl groups excluding tert-OH is 1. The summed E-state index contributed by atoms with van der Waals surface area (Å²) in [6.45, 7) is 6.74. The van der Waals surface area contributed by atoms with Gasteiger partial charge in [0, 0.05) is 24.4 Å². The van der Waals surface area contributed by atoms with Crippen molar-refractivity contribution in [3.8, 4) is 17.0 Å². The summed E-state index contributed by atoms with van der Waals surface area (Å²) in [5, 5.41) is 13.8. The molecule has 252 valence electrons. The number of Topliss-reactive ketones (excluding diaryl/α,β-unsaturated/α-hetero) is 1. The van der Waals surface area contributed by atoms with Crippen LogP contribution >= 0.6 is 34.8 Å². The number of ketones is 1. The van der Waals surface area contributed by atoms with Gasteiger partial charge >= 0.3 is 5.97 Å². The topological polar surface area (TPSA) is 147 Å². The van der Waals surface area contributed by atoms with E-state index in [1.54, 1.807) is 32.0 Å². The van der Waals surface area contributed by atoms with E-state index in [2.05, 4.69) is 15.7 Å². The summed E-state index contributed by atoms with van der Waals surface area (Å²) in [6, 6.07) is 10.9. The number of ether oxygens (including phenoxy) is 2. The fraction of sp³-hybridized carbons (Fsp3) is 0.531. The minimum Gasteiger partial charge on any atom is -0.486 e. The molecular weight excluding hydrogens is 659 g/mol. The summed E-state index contributed by atoms with van der Waals surface area (Å²) < 4.78 is 8.95. The average Bonchev–Trinajstić information content (AvgIpc) is 3.02. The van der Waals surface area contributed by atoms with Gasteiger partial charge in [-0.1, -0.05) is 54.7 Å². The van der Waals surface area contributed by atoms with Crippen LogP contribution in [-0.2, 0) is 23.9 Å². The number of alkyl halides is 3. The van der Waals surface area contributed by atoms with Gasteiger partial charge in [0.15, 0.2) is 5.78 Å². The number of aromatic nitrogens is 1. The molecule has 0 bridgehead atoms. The fourth-order valence-electron chi connectivity index (χ4n) is 4.87. The molecular formula is C32H41Cl3N4O7. The molecule has 1 aliphatic rings. The number of halogens is 3. The maximum absolute atomic E-state index is 13.2. The smallest absolute Gasteiger partial charge is 0.325 e. The number of hydrazine groups is 1. The van der Waals surface area contributed by atoms with E-state index in [4.69, 9.17) is 44.3 Å². The molecule has 3 N–H and O–H groups in total. The van der Waals surface area contributed by atoms with Crippen molar-refractivity contribution in [2.24, 2.45) is 11.8 Å². The minimum atomic E-state index is -1.75. The number of aliphatic hydroxyl groups is 1. The lowest BCUT2D eigenvalue weighted by molar-refractivity contribution is -0.153. The number of pyridine rings is 1. The number of benzene rings is 1. The first kappa shape index (κ1) is 37.5. The first-order valence-corrected chi connectivity index (χ1v) is 16.3. The molecule has 0 aliphatic carbocycles. The Bertz CT molecular complexity index is 1350. The maximum atomic E-state index is 13.2. The summed E-state index contributed by atoms with van der Waals surface area (Å²) in [7, 11) is 0. The van der Waals surface area contributed by atoms with Crippen LogP contribution < -0.4 is 15.5 Å². The van der Waals surface area contributed by atoms with Crippen molar-refractivity contribution in [3.05, 3.63) is 48.2 Å². The van der Waals surface area contributed by atoms with Gasteiger partial charge in [0.1, 0.15) is 31.0 Å². The summed E-state index contributed by atoms with van der Waals surface area (Å²) >= 11 is 16.9. The first-order valence-electron chi connectivity index (χ1n) is 15.2. The number of hydrogen-bond donors (Lipinski definition) is 3. The van der Waals surface area contributed by atoms with Gasteiger partial charge in [0.05, 0.1) is 17.5 Å². The molecule has 0 radical (unpaired) electrons. The molecule has 3 rings (SSSR count). The van der Waals surface area contributed by atoms with Gasteiger partial charge in [-0.05, 0) is 75.4 Å². The molecule has 46 heavy (non-hydrogen) atoms. The lowest BCUT2D eigenvalue weighted by Gasteiger charge is -2.34. The molecule has 4 atom stereocenters. The zero-order chi connectivity index (χ0) is 34.0. The SMILES string of the molecule is CC(NC(=O)C(CCC(=O)COc1ccc(-c2cccc(C(C)O)n2)cc1)C(C)C)C(=O)N1CCCC(C(=O)OCC(Cl)(Cl)Cl)N1. The molecule has 0 saturated carbocycles. The van der Waals surface area contributed by atoms with Crippen molar-refractivity contribution < 1.29 is 33.8 Å². The molecule has 1 aliphatic heterocycles. The van der Waals surface area contributed by atoms with Gasteiger partial charge in [-0.2, -0.15) is 0 Å². The standard InChI is InChI=1S/C32H41Cl3N4O7/c1-19(2)25(29(42)36-20(3)30(43)39-16-6-9-28(38-39)31(44)46-18-32(33,34)35)15-12-23(41)17-45-24-13-10-22(11-14-24)27-8-5-7-26(37-27)21(4)40/h5,7-8,10-11,13-14,19-21,25,28,38,40H,6,9,12,15-18H2,1-4H3,(H,36,42). The molecule has 0 spiro atoms. The Hall–Kier alpha value is -2.96. The van der Waals surface area contributed by atoms with Gasteiger partial charge in [-0.3, -0.25) is 29.2 Å². The predicted molar refractivity (Wildman–Crippen MR) is 175 cm³/mol. The van der Waals surface area contributed by atoms with Crippen molar-refractivity contribution in [2.75, 3.05) is 19.8 Å². The largest absolute Gasteiger partial charge is 0.486 e. The van der Waals surface area contributed by atoms with Crippen LogP contribution in [0.3, 0.4) is 0 Å². The van der Waals surface area contributed by atoms with E-state index in [1.165, 1.54) is 5.01 Å². The molecule has 4 unspecified atom stereocenters. The average molecular weight is 700 g/mol. The minimum absolute atomic E-state index is 0.0883. The van der Waals surface area contributed by atoms with Crippen LogP contribution in [0.4, 0.5) is 0 Å². The van der Waals surface area contributed by atoms with Gasteiger partial charge in [0.25, 0.3) is 5.91 Å². The Morgan fingerprint density at radius 2 is 1.78 bits per heavy atom. The number of nitrogens with zero attached hydrogens (tertiary/aromatic N) is 2. The number of nitrogens with one attached hydrogen (secondary N) is 2. The molecule has 11 nitrogen and oxygen atoms in total. The number of hydrogen-bond acceptors (Lipinski definition) is 9. The maximum Gasteiger partial charge on any atom is 0.325 e. The number of amides is 2. The quantitative estimate of drug-likeness (QED) is 0.188. The molecule has 1 aromatic heterocycles. The predicted octanol–water partition coefficient (Wildman–Crippen LogP) is 4.72. The van der Waals surface area contributed by atoms with Crippen LogP contribution in [-0.4, -0.2) is 74.3 Å². The van der Waals surface area contributed by atoms with E-state index in [0.29, 0.717) is 36.5 Å². The van der Waals surface area contributed by atoms with Gasteiger partial charge in [-0.25, -0.2) is 5.43 Å². The molecule has 2 heterocycles. The van der Waals surface area contributed by atoms with Crippen LogP contribution in [0.5, 0.6) is 5.75 Å². The van der Waals surface area contributed by atoms with Gasteiger partial charge in [0.2, 0.25) is 9.70 Å². The Morgan fingerprint density at radius 3 is 2.41 bits per heavy atom. The Labute approximate surface area is 284 Å². The van der Waals surface area contributed by atoms with E-state index in [1.807, 2.05) is 38.1 Å². The number of esters is 1. The summed E-state index contributed by atoms with van der Waals surface area (Å²) in [5.41, 5.74) is 4.97. The third kappa shape index (κ3) is 11.7. The van der Waals surface area contributed by atoms with Crippen molar-refractivity contribution in [2.45, 2.75) is 75.4 Å². The van der Waals surface area contributed by atoms with E-state index in [0.717, 1.165) is 5.56 Å². The van der Waals surface area contributed by atoms with E-state index < -0.39 is 46.4 Å². The summed E-state index contributed by atoms with van der Waals surface area (Å²) in [5.74, 6) is -1.66. The van der Waals surface area contributed by atoms with Gasteiger partial charge < -0.3 is 19.9 Å². The normalized spacial score (nSPS) is 17.2. The van der Waals surface area contributed by atoms with Crippen LogP contribution in [0.1, 0.15) is 65.2 Å².